The second-order valence-corrected chi connectivity index (χ2v) is 7.38. The third-order valence-electron chi connectivity index (χ3n) is 3.73. The molecule has 1 aromatic carbocycles. The van der Waals surface area contributed by atoms with Gasteiger partial charge < -0.3 is 9.88 Å². The van der Waals surface area contributed by atoms with E-state index < -0.39 is 15.9 Å². The number of nitrogens with zero attached hydrogens (tertiary/aromatic N) is 3. The van der Waals surface area contributed by atoms with Crippen molar-refractivity contribution in [3.63, 3.8) is 0 Å². The molecule has 0 spiro atoms. The zero-order valence-corrected chi connectivity index (χ0v) is 15.0. The Hall–Kier alpha value is -3.04. The lowest BCUT2D eigenvalue weighted by molar-refractivity contribution is 0.101. The number of amides is 1. The number of aryl methyl sites for hydroxylation is 1. The number of carbonyl (C=O) groups is 1. The lowest BCUT2D eigenvalue weighted by Gasteiger charge is -2.06. The third kappa shape index (κ3) is 3.63. The van der Waals surface area contributed by atoms with Crippen molar-refractivity contribution in [3.8, 4) is 11.4 Å². The maximum atomic E-state index is 12.4. The van der Waals surface area contributed by atoms with Gasteiger partial charge in [0.05, 0.1) is 18.1 Å². The Morgan fingerprint density at radius 3 is 2.38 bits per heavy atom. The summed E-state index contributed by atoms with van der Waals surface area (Å²) >= 11 is 0. The van der Waals surface area contributed by atoms with Gasteiger partial charge in [-0.05, 0) is 13.1 Å². The van der Waals surface area contributed by atoms with E-state index in [-0.39, 0.29) is 10.6 Å². The summed E-state index contributed by atoms with van der Waals surface area (Å²) in [5.74, 6) is 0.0889. The number of benzene rings is 1. The molecule has 2 aromatic heterocycles. The summed E-state index contributed by atoms with van der Waals surface area (Å²) in [6.45, 7) is 0. The smallest absolute Gasteiger partial charge is 0.272 e. The van der Waals surface area contributed by atoms with Crippen LogP contribution in [0.15, 0.2) is 59.9 Å². The first kappa shape index (κ1) is 17.8. The van der Waals surface area contributed by atoms with Gasteiger partial charge in [-0.1, -0.05) is 30.3 Å². The van der Waals surface area contributed by atoms with Crippen LogP contribution in [-0.2, 0) is 17.1 Å². The molecular formula is C17H17N5O3S. The number of nitrogens with one attached hydrogen (secondary N) is 2. The molecule has 3 aromatic rings. The molecule has 2 N–H and O–H groups in total. The van der Waals surface area contributed by atoms with Crippen molar-refractivity contribution in [2.24, 2.45) is 7.05 Å². The average Bonchev–Trinajstić information content (AvgIpc) is 3.06. The number of anilines is 1. The first-order valence-corrected chi connectivity index (χ1v) is 9.18. The van der Waals surface area contributed by atoms with Gasteiger partial charge in [-0.25, -0.2) is 23.1 Å². The summed E-state index contributed by atoms with van der Waals surface area (Å²) in [6, 6.07) is 10.8. The molecule has 8 nitrogen and oxygen atoms in total. The Labute approximate surface area is 151 Å². The van der Waals surface area contributed by atoms with Crippen molar-refractivity contribution in [3.05, 3.63) is 60.7 Å². The zero-order chi connectivity index (χ0) is 18.7. The molecule has 0 atom stereocenters. The summed E-state index contributed by atoms with van der Waals surface area (Å²) < 4.78 is 27.3. The monoisotopic (exact) mass is 371 g/mol. The van der Waals surface area contributed by atoms with E-state index >= 15 is 0 Å². The van der Waals surface area contributed by atoms with E-state index in [1.54, 1.807) is 7.05 Å². The summed E-state index contributed by atoms with van der Waals surface area (Å²) in [4.78, 5) is 20.9. The normalized spacial score (nSPS) is 11.3. The Kier molecular flexibility index (Phi) is 4.83. The van der Waals surface area contributed by atoms with Crippen molar-refractivity contribution in [2.45, 2.75) is 4.90 Å². The number of carbonyl (C=O) groups excluding carboxylic acids is 1. The topological polar surface area (TPSA) is 106 Å². The lowest BCUT2D eigenvalue weighted by Crippen LogP contribution is -2.18. The number of hydrogen-bond donors (Lipinski definition) is 2. The van der Waals surface area contributed by atoms with Gasteiger partial charge in [-0.2, -0.15) is 0 Å². The van der Waals surface area contributed by atoms with E-state index in [0.717, 1.165) is 5.56 Å². The lowest BCUT2D eigenvalue weighted by atomic mass is 10.2. The summed E-state index contributed by atoms with van der Waals surface area (Å²) in [7, 11) is -0.709. The number of aromatic nitrogens is 3. The molecule has 0 aliphatic heterocycles. The fourth-order valence-corrected chi connectivity index (χ4v) is 3.15. The van der Waals surface area contributed by atoms with Crippen LogP contribution in [0.4, 0.5) is 5.69 Å². The molecule has 26 heavy (non-hydrogen) atoms. The molecule has 0 bridgehead atoms. The van der Waals surface area contributed by atoms with Gasteiger partial charge >= 0.3 is 0 Å². The van der Waals surface area contributed by atoms with Crippen molar-refractivity contribution in [2.75, 3.05) is 12.4 Å². The van der Waals surface area contributed by atoms with Crippen LogP contribution in [0, 0.1) is 0 Å². The average molecular weight is 371 g/mol. The van der Waals surface area contributed by atoms with E-state index in [1.807, 2.05) is 30.3 Å². The zero-order valence-electron chi connectivity index (χ0n) is 14.2. The molecule has 0 radical (unpaired) electrons. The van der Waals surface area contributed by atoms with E-state index in [2.05, 4.69) is 20.0 Å². The van der Waals surface area contributed by atoms with E-state index in [0.29, 0.717) is 11.5 Å². The molecule has 0 aliphatic carbocycles. The van der Waals surface area contributed by atoms with Crippen molar-refractivity contribution in [1.29, 1.82) is 0 Å². The highest BCUT2D eigenvalue weighted by molar-refractivity contribution is 7.89. The van der Waals surface area contributed by atoms with Crippen LogP contribution in [0.1, 0.15) is 10.5 Å². The summed E-state index contributed by atoms with van der Waals surface area (Å²) in [5.41, 5.74) is 1.48. The van der Waals surface area contributed by atoms with Gasteiger partial charge in [0.1, 0.15) is 10.6 Å². The molecule has 0 aliphatic rings. The largest absolute Gasteiger partial charge is 0.345 e. The summed E-state index contributed by atoms with van der Waals surface area (Å²) in [5, 5.41) is 2.66. The SMILES string of the molecule is CNS(=O)(=O)c1cc(C(=O)Nc2cnc(-c3ccccc3)nc2)n(C)c1. The maximum Gasteiger partial charge on any atom is 0.272 e. The van der Waals surface area contributed by atoms with Gasteiger partial charge in [0.15, 0.2) is 5.82 Å². The molecule has 0 unspecified atom stereocenters. The van der Waals surface area contributed by atoms with E-state index in [1.165, 1.54) is 36.3 Å². The Morgan fingerprint density at radius 2 is 1.77 bits per heavy atom. The minimum atomic E-state index is -3.62. The highest BCUT2D eigenvalue weighted by atomic mass is 32.2. The predicted molar refractivity (Wildman–Crippen MR) is 97.1 cm³/mol. The number of rotatable bonds is 5. The van der Waals surface area contributed by atoms with Gasteiger partial charge in [0, 0.05) is 18.8 Å². The second-order valence-electron chi connectivity index (χ2n) is 5.50. The molecular weight excluding hydrogens is 354 g/mol. The minimum absolute atomic E-state index is 0.0170. The van der Waals surface area contributed by atoms with Crippen LogP contribution >= 0.6 is 0 Å². The van der Waals surface area contributed by atoms with E-state index in [9.17, 15) is 13.2 Å². The Balaban J connectivity index is 1.78. The van der Waals surface area contributed by atoms with Crippen LogP contribution < -0.4 is 10.0 Å². The van der Waals surface area contributed by atoms with Crippen molar-refractivity contribution >= 4 is 21.6 Å². The van der Waals surface area contributed by atoms with E-state index in [4.69, 9.17) is 0 Å². The standard InChI is InChI=1S/C17H17N5O3S/c1-18-26(24,25)14-8-15(22(2)11-14)17(23)21-13-9-19-16(20-10-13)12-6-4-3-5-7-12/h3-11,18H,1-2H3,(H,21,23). The quantitative estimate of drug-likeness (QED) is 0.709. The van der Waals surface area contributed by atoms with Crippen molar-refractivity contribution < 1.29 is 13.2 Å². The van der Waals surface area contributed by atoms with Crippen LogP contribution in [0.3, 0.4) is 0 Å². The van der Waals surface area contributed by atoms with Crippen LogP contribution in [0.25, 0.3) is 11.4 Å². The highest BCUT2D eigenvalue weighted by Crippen LogP contribution is 2.17. The molecule has 3 rings (SSSR count). The van der Waals surface area contributed by atoms with Gasteiger partial charge in [-0.15, -0.1) is 0 Å². The summed E-state index contributed by atoms with van der Waals surface area (Å²) in [6.07, 6.45) is 4.37. The van der Waals surface area contributed by atoms with Crippen molar-refractivity contribution in [1.82, 2.24) is 19.3 Å². The predicted octanol–water partition coefficient (Wildman–Crippen LogP) is 1.64. The van der Waals surface area contributed by atoms with Crippen LogP contribution in [-0.4, -0.2) is 35.9 Å². The van der Waals surface area contributed by atoms with Gasteiger partial charge in [-0.3, -0.25) is 4.79 Å². The molecule has 0 saturated heterocycles. The number of sulfonamides is 1. The highest BCUT2D eigenvalue weighted by Gasteiger charge is 2.19. The first-order chi connectivity index (χ1) is 12.4. The van der Waals surface area contributed by atoms with Crippen LogP contribution in [0.2, 0.25) is 0 Å². The molecule has 1 amide bonds. The molecule has 9 heteroatoms. The van der Waals surface area contributed by atoms with Gasteiger partial charge in [0.2, 0.25) is 10.0 Å². The first-order valence-electron chi connectivity index (χ1n) is 7.69. The van der Waals surface area contributed by atoms with Gasteiger partial charge in [0.25, 0.3) is 5.91 Å². The molecule has 0 saturated carbocycles. The Bertz CT molecular complexity index is 1030. The Morgan fingerprint density at radius 1 is 1.12 bits per heavy atom. The number of hydrogen-bond acceptors (Lipinski definition) is 5. The fraction of sp³-hybridized carbons (Fsp3) is 0.118. The third-order valence-corrected chi connectivity index (χ3v) is 5.11. The molecule has 2 heterocycles. The molecule has 134 valence electrons. The second kappa shape index (κ2) is 7.06. The molecule has 0 fully saturated rings. The fourth-order valence-electron chi connectivity index (χ4n) is 2.35. The van der Waals surface area contributed by atoms with Crippen LogP contribution in [0.5, 0.6) is 0 Å². The minimum Gasteiger partial charge on any atom is -0.345 e. The maximum absolute atomic E-state index is 12.4.